The molecule has 11 heteroatoms. The predicted molar refractivity (Wildman–Crippen MR) is 136 cm³/mol. The first kappa shape index (κ1) is 24.1. The van der Waals surface area contributed by atoms with Gasteiger partial charge in [0, 0.05) is 42.9 Å². The van der Waals surface area contributed by atoms with Crippen molar-refractivity contribution >= 4 is 32.3 Å². The molecule has 0 aliphatic carbocycles. The second-order valence-electron chi connectivity index (χ2n) is 9.02. The number of hydrogen-bond donors (Lipinski definition) is 2. The van der Waals surface area contributed by atoms with Gasteiger partial charge in [-0.1, -0.05) is 0 Å². The Morgan fingerprint density at radius 3 is 2.68 bits per heavy atom. The molecule has 0 radical (unpaired) electrons. The van der Waals surface area contributed by atoms with Crippen LogP contribution >= 0.6 is 0 Å². The molecule has 4 aromatic rings. The summed E-state index contributed by atoms with van der Waals surface area (Å²) in [6, 6.07) is 15.2. The van der Waals surface area contributed by atoms with E-state index in [2.05, 4.69) is 15.5 Å². The summed E-state index contributed by atoms with van der Waals surface area (Å²) in [6.07, 6.45) is 2.25. The van der Waals surface area contributed by atoms with E-state index >= 15 is 0 Å². The topological polar surface area (TPSA) is 148 Å². The van der Waals surface area contributed by atoms with Gasteiger partial charge in [0.2, 0.25) is 9.84 Å². The van der Waals surface area contributed by atoms with Crippen LogP contribution in [0.4, 0.5) is 5.69 Å². The highest BCUT2D eigenvalue weighted by molar-refractivity contribution is 7.91. The van der Waals surface area contributed by atoms with Crippen molar-refractivity contribution in [1.82, 2.24) is 20.1 Å². The van der Waals surface area contributed by atoms with Crippen LogP contribution < -0.4 is 10.2 Å². The second kappa shape index (κ2) is 9.12. The summed E-state index contributed by atoms with van der Waals surface area (Å²) in [5.74, 6) is -0.360. The number of nitrogens with zero attached hydrogens (tertiary/aromatic N) is 5. The molecule has 0 unspecified atom stereocenters. The number of carbonyl (C=O) groups excluding carboxylic acids is 1. The van der Waals surface area contributed by atoms with Gasteiger partial charge in [0.25, 0.3) is 5.91 Å². The average Bonchev–Trinajstić information content (AvgIpc) is 3.63. The average molecular weight is 514 g/mol. The van der Waals surface area contributed by atoms with Gasteiger partial charge in [-0.25, -0.2) is 8.42 Å². The third-order valence-electron chi connectivity index (χ3n) is 6.87. The molecular weight excluding hydrogens is 490 g/mol. The molecule has 37 heavy (non-hydrogen) atoms. The number of anilines is 1. The SMILES string of the molecule is Cc1c(S(=O)(=O)c2ccc3[nH]ncc3c2)cc(C(=O)N[C@@H]2CCN(c3ccc(C#N)c(C#N)c3)C2)n1C. The lowest BCUT2D eigenvalue weighted by atomic mass is 10.1. The van der Waals surface area contributed by atoms with Gasteiger partial charge in [0.15, 0.2) is 0 Å². The molecule has 10 nitrogen and oxygen atoms in total. The lowest BCUT2D eigenvalue weighted by Crippen LogP contribution is -2.37. The number of hydrogen-bond acceptors (Lipinski definition) is 7. The molecule has 2 aromatic heterocycles. The molecule has 0 spiro atoms. The maximum Gasteiger partial charge on any atom is 0.268 e. The summed E-state index contributed by atoms with van der Waals surface area (Å²) < 4.78 is 28.4. The van der Waals surface area contributed by atoms with Gasteiger partial charge < -0.3 is 14.8 Å². The van der Waals surface area contributed by atoms with E-state index in [0.717, 1.165) is 11.2 Å². The van der Waals surface area contributed by atoms with Crippen molar-refractivity contribution in [2.45, 2.75) is 29.2 Å². The maximum atomic E-state index is 13.4. The van der Waals surface area contributed by atoms with Gasteiger partial charge in [-0.3, -0.25) is 9.89 Å². The second-order valence-corrected chi connectivity index (χ2v) is 10.9. The smallest absolute Gasteiger partial charge is 0.268 e. The Morgan fingerprint density at radius 2 is 1.92 bits per heavy atom. The van der Waals surface area contributed by atoms with Crippen molar-refractivity contribution in [3.8, 4) is 12.1 Å². The highest BCUT2D eigenvalue weighted by atomic mass is 32.2. The summed E-state index contributed by atoms with van der Waals surface area (Å²) >= 11 is 0. The number of H-pyrrole nitrogens is 1. The van der Waals surface area contributed by atoms with Gasteiger partial charge in [0.1, 0.15) is 17.8 Å². The molecule has 0 bridgehead atoms. The van der Waals surface area contributed by atoms with E-state index in [1.807, 2.05) is 17.0 Å². The number of fused-ring (bicyclic) bond motifs is 1. The number of aromatic amines is 1. The van der Waals surface area contributed by atoms with Gasteiger partial charge in [0.05, 0.1) is 32.6 Å². The normalized spacial score (nSPS) is 15.5. The number of sulfone groups is 1. The molecule has 1 aliphatic rings. The van der Waals surface area contributed by atoms with Crippen LogP contribution in [0.2, 0.25) is 0 Å². The van der Waals surface area contributed by atoms with Crippen LogP contribution in [-0.4, -0.2) is 48.2 Å². The van der Waals surface area contributed by atoms with Crippen LogP contribution in [0.3, 0.4) is 0 Å². The number of nitrogens with one attached hydrogen (secondary N) is 2. The van der Waals surface area contributed by atoms with E-state index < -0.39 is 9.84 Å². The van der Waals surface area contributed by atoms with Crippen molar-refractivity contribution in [1.29, 1.82) is 10.5 Å². The third-order valence-corrected chi connectivity index (χ3v) is 8.73. The van der Waals surface area contributed by atoms with E-state index in [0.29, 0.717) is 41.7 Å². The predicted octanol–water partition coefficient (Wildman–Crippen LogP) is 2.79. The first-order valence-electron chi connectivity index (χ1n) is 11.6. The molecule has 2 aromatic carbocycles. The van der Waals surface area contributed by atoms with Crippen LogP contribution in [0.25, 0.3) is 10.9 Å². The van der Waals surface area contributed by atoms with Crippen LogP contribution in [0.1, 0.15) is 33.7 Å². The molecule has 1 saturated heterocycles. The lowest BCUT2D eigenvalue weighted by Gasteiger charge is -2.19. The van der Waals surface area contributed by atoms with Crippen molar-refractivity contribution in [3.05, 3.63) is 71.2 Å². The highest BCUT2D eigenvalue weighted by Crippen LogP contribution is 2.29. The summed E-state index contributed by atoms with van der Waals surface area (Å²) in [5, 5.41) is 28.9. The minimum absolute atomic E-state index is 0.0812. The Balaban J connectivity index is 1.34. The van der Waals surface area contributed by atoms with Gasteiger partial charge in [-0.05, 0) is 55.8 Å². The van der Waals surface area contributed by atoms with Crippen LogP contribution in [0.15, 0.2) is 58.5 Å². The lowest BCUT2D eigenvalue weighted by molar-refractivity contribution is 0.0932. The van der Waals surface area contributed by atoms with E-state index in [1.54, 1.807) is 55.1 Å². The van der Waals surface area contributed by atoms with Gasteiger partial charge in [-0.2, -0.15) is 15.6 Å². The van der Waals surface area contributed by atoms with Gasteiger partial charge >= 0.3 is 0 Å². The molecular formula is C26H23N7O3S. The summed E-state index contributed by atoms with van der Waals surface area (Å²) in [6.45, 7) is 2.88. The summed E-state index contributed by atoms with van der Waals surface area (Å²) in [7, 11) is -2.19. The van der Waals surface area contributed by atoms with Crippen molar-refractivity contribution in [2.75, 3.05) is 18.0 Å². The largest absolute Gasteiger partial charge is 0.369 e. The molecule has 1 atom stereocenters. The van der Waals surface area contributed by atoms with E-state index in [4.69, 9.17) is 5.26 Å². The number of benzene rings is 2. The number of nitriles is 2. The van der Waals surface area contributed by atoms with Crippen LogP contribution in [0.5, 0.6) is 0 Å². The van der Waals surface area contributed by atoms with E-state index in [1.165, 1.54) is 12.1 Å². The van der Waals surface area contributed by atoms with Gasteiger partial charge in [-0.15, -0.1) is 0 Å². The Bertz CT molecular complexity index is 1740. The molecule has 1 fully saturated rings. The number of carbonyl (C=O) groups is 1. The van der Waals surface area contributed by atoms with Crippen molar-refractivity contribution in [3.63, 3.8) is 0 Å². The molecule has 1 amide bonds. The Labute approximate surface area is 213 Å². The number of aromatic nitrogens is 3. The van der Waals surface area contributed by atoms with E-state index in [9.17, 15) is 18.5 Å². The molecule has 0 saturated carbocycles. The Hall–Kier alpha value is -4.61. The van der Waals surface area contributed by atoms with Crippen LogP contribution in [-0.2, 0) is 16.9 Å². The first-order valence-corrected chi connectivity index (χ1v) is 13.1. The highest BCUT2D eigenvalue weighted by Gasteiger charge is 2.29. The molecule has 2 N–H and O–H groups in total. The van der Waals surface area contributed by atoms with Crippen molar-refractivity contribution < 1.29 is 13.2 Å². The zero-order chi connectivity index (χ0) is 26.3. The Kier molecular flexibility index (Phi) is 5.94. The van der Waals surface area contributed by atoms with Crippen LogP contribution in [0, 0.1) is 29.6 Å². The summed E-state index contributed by atoms with van der Waals surface area (Å²) in [5.41, 5.74) is 2.90. The fraction of sp³-hybridized carbons (Fsp3) is 0.231. The molecule has 186 valence electrons. The fourth-order valence-electron chi connectivity index (χ4n) is 4.67. The quantitative estimate of drug-likeness (QED) is 0.417. The van der Waals surface area contributed by atoms with E-state index in [-0.39, 0.29) is 27.4 Å². The molecule has 1 aliphatic heterocycles. The zero-order valence-electron chi connectivity index (χ0n) is 20.2. The monoisotopic (exact) mass is 513 g/mol. The minimum atomic E-state index is -3.86. The number of rotatable bonds is 5. The fourth-order valence-corrected chi connectivity index (χ4v) is 6.24. The standard InChI is InChI=1S/C26H23N7O3S/c1-16-25(37(35,36)22-5-6-23-19(10-22)14-29-31-23)11-24(32(16)2)26(34)30-20-7-8-33(15-20)21-4-3-17(12-27)18(9-21)13-28/h3-6,9-11,14,20H,7-8,15H2,1-2H3,(H,29,31)(H,30,34)/t20-/m1/s1. The molecule has 5 rings (SSSR count). The Morgan fingerprint density at radius 1 is 1.14 bits per heavy atom. The maximum absolute atomic E-state index is 13.4. The molecule has 3 heterocycles. The zero-order valence-corrected chi connectivity index (χ0v) is 21.0. The summed E-state index contributed by atoms with van der Waals surface area (Å²) in [4.78, 5) is 15.4. The van der Waals surface area contributed by atoms with Crippen molar-refractivity contribution in [2.24, 2.45) is 7.05 Å². The number of amides is 1. The third kappa shape index (κ3) is 4.20. The first-order chi connectivity index (χ1) is 17.7. The minimum Gasteiger partial charge on any atom is -0.369 e.